The molecule has 1 heterocycles. The van der Waals surface area contributed by atoms with Gasteiger partial charge in [0.1, 0.15) is 11.5 Å². The maximum absolute atomic E-state index is 15.7. The van der Waals surface area contributed by atoms with Crippen LogP contribution in [0.2, 0.25) is 5.02 Å². The van der Waals surface area contributed by atoms with Gasteiger partial charge in [0.05, 0.1) is 10.3 Å². The molecule has 0 atom stereocenters. The maximum Gasteiger partial charge on any atom is 0.274 e. The Kier molecular flexibility index (Phi) is 8.54. The van der Waals surface area contributed by atoms with Crippen LogP contribution >= 0.6 is 18.7 Å². The lowest BCUT2D eigenvalue weighted by atomic mass is 10.1. The van der Waals surface area contributed by atoms with Gasteiger partial charge in [0, 0.05) is 22.4 Å². The highest BCUT2D eigenvalue weighted by Gasteiger charge is 2.38. The molecule has 4 aromatic carbocycles. The van der Waals surface area contributed by atoms with Crippen molar-refractivity contribution < 1.29 is 14.2 Å². The molecule has 0 aliphatic carbocycles. The Hall–Kier alpha value is -4.77. The van der Waals surface area contributed by atoms with E-state index in [0.717, 1.165) is 0 Å². The number of rotatable bonds is 8. The molecule has 5 aromatic rings. The molecule has 0 saturated carbocycles. The number of benzene rings is 4. The number of halogens is 1. The molecule has 202 valence electrons. The van der Waals surface area contributed by atoms with Crippen LogP contribution in [-0.2, 0) is 9.36 Å². The molecule has 41 heavy (non-hydrogen) atoms. The molecule has 5 rings (SSSR count). The normalized spacial score (nSPS) is 11.7. The average molecular weight is 578 g/mol. The van der Waals surface area contributed by atoms with Gasteiger partial charge in [-0.3, -0.25) is 9.59 Å². The van der Waals surface area contributed by atoms with Crippen LogP contribution in [0.25, 0.3) is 5.31 Å². The molecular weight excluding hydrogens is 553 g/mol. The fourth-order valence-corrected chi connectivity index (χ4v) is 7.49. The molecule has 2 amide bonds. The molecule has 0 bridgehead atoms. The van der Waals surface area contributed by atoms with E-state index >= 15 is 4.57 Å². The molecule has 8 heteroatoms. The van der Waals surface area contributed by atoms with Crippen LogP contribution in [0.5, 0.6) is 0 Å². The maximum atomic E-state index is 15.7. The Bertz CT molecular complexity index is 1690. The highest BCUT2D eigenvalue weighted by Crippen LogP contribution is 2.57. The quantitative estimate of drug-likeness (QED) is 0.163. The number of carbonyl (C=O) groups excluding carboxylic acids is 2. The summed E-state index contributed by atoms with van der Waals surface area (Å²) < 4.78 is 15.7. The number of carbonyl (C=O) groups is 2. The first-order valence-electron chi connectivity index (χ1n) is 12.8. The number of aromatic nitrogens is 1. The summed E-state index contributed by atoms with van der Waals surface area (Å²) in [5, 5.41) is 7.16. The molecule has 0 unspecified atom stereocenters. The average Bonchev–Trinajstić information content (AvgIpc) is 3.03. The molecule has 0 spiro atoms. The lowest BCUT2D eigenvalue weighted by Crippen LogP contribution is -2.33. The van der Waals surface area contributed by atoms with Gasteiger partial charge in [-0.1, -0.05) is 121 Å². The summed E-state index contributed by atoms with van der Waals surface area (Å²) in [7, 11) is -3.76. The van der Waals surface area contributed by atoms with Crippen LogP contribution in [0.15, 0.2) is 145 Å². The van der Waals surface area contributed by atoms with E-state index in [1.165, 1.54) is 6.20 Å². The van der Waals surface area contributed by atoms with E-state index in [1.54, 1.807) is 115 Å². The van der Waals surface area contributed by atoms with Gasteiger partial charge in [0.15, 0.2) is 7.14 Å². The Balaban J connectivity index is 1.80. The summed E-state index contributed by atoms with van der Waals surface area (Å²) >= 11 is 6.00. The van der Waals surface area contributed by atoms with Gasteiger partial charge in [-0.15, -0.1) is 0 Å². The topological polar surface area (TPSA) is 88.2 Å². The highest BCUT2D eigenvalue weighted by atomic mass is 35.5. The van der Waals surface area contributed by atoms with Crippen molar-refractivity contribution in [2.45, 2.75) is 0 Å². The van der Waals surface area contributed by atoms with Gasteiger partial charge in [0.25, 0.3) is 11.8 Å². The van der Waals surface area contributed by atoms with Crippen molar-refractivity contribution in [2.75, 3.05) is 5.32 Å². The molecule has 0 aliphatic rings. The van der Waals surface area contributed by atoms with E-state index in [9.17, 15) is 9.59 Å². The lowest BCUT2D eigenvalue weighted by Gasteiger charge is -2.26. The zero-order chi connectivity index (χ0) is 28.7. The van der Waals surface area contributed by atoms with E-state index in [0.29, 0.717) is 26.8 Å². The van der Waals surface area contributed by atoms with Crippen LogP contribution in [0.3, 0.4) is 0 Å². The predicted molar refractivity (Wildman–Crippen MR) is 165 cm³/mol. The largest absolute Gasteiger partial charge is 0.317 e. The van der Waals surface area contributed by atoms with Crippen LogP contribution in [0.4, 0.5) is 5.82 Å². The van der Waals surface area contributed by atoms with E-state index in [1.807, 2.05) is 18.2 Å². The summed E-state index contributed by atoms with van der Waals surface area (Å²) in [6.07, 6.45) is 1.40. The van der Waals surface area contributed by atoms with E-state index in [-0.39, 0.29) is 16.8 Å². The Morgan fingerprint density at radius 2 is 1.12 bits per heavy atom. The minimum absolute atomic E-state index is 0.155. The van der Waals surface area contributed by atoms with Gasteiger partial charge >= 0.3 is 0 Å². The third-order valence-corrected chi connectivity index (χ3v) is 9.69. The van der Waals surface area contributed by atoms with Gasteiger partial charge in [0.2, 0.25) is 0 Å². The number of anilines is 1. The third-order valence-electron chi connectivity index (χ3n) is 6.31. The van der Waals surface area contributed by atoms with Gasteiger partial charge in [-0.2, -0.15) is 0 Å². The van der Waals surface area contributed by atoms with Crippen molar-refractivity contribution >= 4 is 52.3 Å². The summed E-state index contributed by atoms with van der Waals surface area (Å²) in [6, 6.07) is 38.6. The minimum Gasteiger partial charge on any atom is -0.317 e. The molecule has 1 aromatic heterocycles. The van der Waals surface area contributed by atoms with Crippen LogP contribution < -0.4 is 21.2 Å². The molecular formula is C33H25ClN3O3P. The first-order valence-corrected chi connectivity index (χ1v) is 14.9. The van der Waals surface area contributed by atoms with E-state index in [2.05, 4.69) is 15.6 Å². The second kappa shape index (κ2) is 12.6. The van der Waals surface area contributed by atoms with Gasteiger partial charge in [-0.05, 0) is 29.8 Å². The molecule has 0 radical (unpaired) electrons. The van der Waals surface area contributed by atoms with Crippen molar-refractivity contribution in [3.8, 4) is 0 Å². The zero-order valence-electron chi connectivity index (χ0n) is 21.8. The molecule has 0 saturated heterocycles. The van der Waals surface area contributed by atoms with E-state index < -0.39 is 19.0 Å². The number of hydrogen-bond donors (Lipinski definition) is 2. The first kappa shape index (κ1) is 27.8. The van der Waals surface area contributed by atoms with Crippen molar-refractivity contribution in [3.05, 3.63) is 162 Å². The summed E-state index contributed by atoms with van der Waals surface area (Å²) in [6.45, 7) is 0. The minimum atomic E-state index is -3.76. The Labute approximate surface area is 243 Å². The Morgan fingerprint density at radius 3 is 1.61 bits per heavy atom. The molecule has 0 aliphatic heterocycles. The fourth-order valence-electron chi connectivity index (χ4n) is 4.39. The van der Waals surface area contributed by atoms with Crippen LogP contribution in [-0.4, -0.2) is 16.8 Å². The third kappa shape index (κ3) is 6.20. The molecule has 2 N–H and O–H groups in total. The monoisotopic (exact) mass is 577 g/mol. The van der Waals surface area contributed by atoms with Gasteiger partial charge < -0.3 is 15.2 Å². The summed E-state index contributed by atoms with van der Waals surface area (Å²) in [4.78, 5) is 31.8. The number of pyridine rings is 1. The SMILES string of the molecule is O=C(Nc1ccc(Cl)cn1)C(NC(=O)c1ccccc1)=C(c1ccccc1)P(=O)(c1ccccc1)c1ccccc1. The predicted octanol–water partition coefficient (Wildman–Crippen LogP) is 6.49. The highest BCUT2D eigenvalue weighted by molar-refractivity contribution is 7.87. The smallest absolute Gasteiger partial charge is 0.274 e. The zero-order valence-corrected chi connectivity index (χ0v) is 23.4. The Morgan fingerprint density at radius 1 is 0.634 bits per heavy atom. The van der Waals surface area contributed by atoms with Crippen LogP contribution in [0, 0.1) is 0 Å². The van der Waals surface area contributed by atoms with Crippen molar-refractivity contribution in [3.63, 3.8) is 0 Å². The second-order valence-electron chi connectivity index (χ2n) is 9.01. The van der Waals surface area contributed by atoms with Crippen molar-refractivity contribution in [2.24, 2.45) is 0 Å². The molecule has 6 nitrogen and oxygen atoms in total. The van der Waals surface area contributed by atoms with Crippen LogP contribution in [0.1, 0.15) is 15.9 Å². The van der Waals surface area contributed by atoms with E-state index in [4.69, 9.17) is 11.6 Å². The number of nitrogens with zero attached hydrogens (tertiary/aromatic N) is 1. The first-order chi connectivity index (χ1) is 20.0. The number of amides is 2. The van der Waals surface area contributed by atoms with Crippen molar-refractivity contribution in [1.29, 1.82) is 0 Å². The summed E-state index contributed by atoms with van der Waals surface area (Å²) in [5.41, 5.74) is 0.702. The van der Waals surface area contributed by atoms with Crippen molar-refractivity contribution in [1.82, 2.24) is 10.3 Å². The van der Waals surface area contributed by atoms with Gasteiger partial charge in [-0.25, -0.2) is 4.98 Å². The standard InChI is InChI=1S/C33H25ClN3O3P/c34-26-21-22-29(35-23-26)36-33(39)30(37-32(38)25-15-7-2-8-16-25)31(24-13-5-1-6-14-24)41(40,27-17-9-3-10-18-27)28-19-11-4-12-20-28/h1-23H,(H,37,38)(H,35,36,39). The number of nitrogens with one attached hydrogen (secondary N) is 2. The lowest BCUT2D eigenvalue weighted by molar-refractivity contribution is -0.113. The fraction of sp³-hybridized carbons (Fsp3) is 0. The number of hydrogen-bond acceptors (Lipinski definition) is 4. The second-order valence-corrected chi connectivity index (χ2v) is 12.1. The molecule has 0 fully saturated rings. The summed E-state index contributed by atoms with van der Waals surface area (Å²) in [5.74, 6) is -0.997.